The van der Waals surface area contributed by atoms with E-state index in [0.717, 1.165) is 11.3 Å². The second-order valence-electron chi connectivity index (χ2n) is 2.25. The van der Waals surface area contributed by atoms with Crippen molar-refractivity contribution in [1.82, 2.24) is 5.16 Å². The van der Waals surface area contributed by atoms with Crippen molar-refractivity contribution in [2.24, 2.45) is 0 Å². The highest BCUT2D eigenvalue weighted by Gasteiger charge is 1.96. The fraction of sp³-hybridized carbons (Fsp3) is 0. The fourth-order valence-electron chi connectivity index (χ4n) is 0.970. The first-order valence-electron chi connectivity index (χ1n) is 3.42. The van der Waals surface area contributed by atoms with E-state index in [4.69, 9.17) is 4.52 Å². The van der Waals surface area contributed by atoms with Crippen molar-refractivity contribution in [3.63, 3.8) is 0 Å². The van der Waals surface area contributed by atoms with Crippen LogP contribution in [0.2, 0.25) is 0 Å². The maximum Gasteiger partial charge on any atom is 0.124 e. The lowest BCUT2D eigenvalue weighted by molar-refractivity contribution is 0.422. The summed E-state index contributed by atoms with van der Waals surface area (Å²) in [4.78, 5) is 0. The van der Waals surface area contributed by atoms with Crippen LogP contribution in [-0.4, -0.2) is 5.16 Å². The van der Waals surface area contributed by atoms with Gasteiger partial charge in [-0.1, -0.05) is 35.5 Å². The Kier molecular flexibility index (Phi) is 1.44. The Morgan fingerprint density at radius 1 is 1.00 bits per heavy atom. The van der Waals surface area contributed by atoms with E-state index >= 15 is 0 Å². The van der Waals surface area contributed by atoms with Gasteiger partial charge in [0.15, 0.2) is 0 Å². The zero-order valence-corrected chi connectivity index (χ0v) is 5.90. The van der Waals surface area contributed by atoms with Crippen LogP contribution in [0.25, 0.3) is 11.3 Å². The van der Waals surface area contributed by atoms with Crippen LogP contribution >= 0.6 is 0 Å². The molecule has 2 heteroatoms. The minimum absolute atomic E-state index is 0.880. The first-order valence-corrected chi connectivity index (χ1v) is 3.42. The minimum Gasteiger partial charge on any atom is -0.364 e. The van der Waals surface area contributed by atoms with E-state index in [0.29, 0.717) is 0 Å². The molecule has 0 amide bonds. The molecule has 0 unspecified atom stereocenters. The van der Waals surface area contributed by atoms with Gasteiger partial charge < -0.3 is 4.52 Å². The second kappa shape index (κ2) is 2.58. The lowest BCUT2D eigenvalue weighted by atomic mass is 10.2. The molecule has 1 aromatic heterocycles. The van der Waals surface area contributed by atoms with Gasteiger partial charge in [-0.3, -0.25) is 0 Å². The highest BCUT2D eigenvalue weighted by Crippen LogP contribution is 2.14. The zero-order valence-electron chi connectivity index (χ0n) is 5.90. The van der Waals surface area contributed by atoms with Gasteiger partial charge in [0, 0.05) is 11.6 Å². The van der Waals surface area contributed by atoms with E-state index < -0.39 is 0 Å². The third-order valence-corrected chi connectivity index (χ3v) is 1.51. The third kappa shape index (κ3) is 1.15. The molecule has 0 spiro atoms. The van der Waals surface area contributed by atoms with Gasteiger partial charge in [-0.2, -0.15) is 0 Å². The molecule has 0 aliphatic carbocycles. The molecule has 54 valence electrons. The SMILES string of the molecule is c1ccc(-c2c[13cH]on2)cc1. The summed E-state index contributed by atoms with van der Waals surface area (Å²) in [5, 5.41) is 3.81. The van der Waals surface area contributed by atoms with Gasteiger partial charge >= 0.3 is 0 Å². The second-order valence-corrected chi connectivity index (χ2v) is 2.25. The largest absolute Gasteiger partial charge is 0.364 e. The highest BCUT2D eigenvalue weighted by atomic mass is 16.5. The van der Waals surface area contributed by atoms with Crippen LogP contribution in [0, 0.1) is 0 Å². The highest BCUT2D eigenvalue weighted by molar-refractivity contribution is 5.57. The molecule has 2 rings (SSSR count). The van der Waals surface area contributed by atoms with Crippen molar-refractivity contribution in [1.29, 1.82) is 0 Å². The summed E-state index contributed by atoms with van der Waals surface area (Å²) in [7, 11) is 0. The quantitative estimate of drug-likeness (QED) is 0.617. The third-order valence-electron chi connectivity index (χ3n) is 1.51. The molecule has 2 aromatic rings. The molecule has 0 saturated heterocycles. The molecule has 2 nitrogen and oxygen atoms in total. The number of hydrogen-bond acceptors (Lipinski definition) is 2. The van der Waals surface area contributed by atoms with Gasteiger partial charge in [0.05, 0.1) is 0 Å². The van der Waals surface area contributed by atoms with Crippen LogP contribution in [0.4, 0.5) is 0 Å². The summed E-state index contributed by atoms with van der Waals surface area (Å²) in [6.45, 7) is 0. The van der Waals surface area contributed by atoms with Crippen LogP contribution in [0.3, 0.4) is 0 Å². The van der Waals surface area contributed by atoms with Crippen molar-refractivity contribution in [2.75, 3.05) is 0 Å². The number of benzene rings is 1. The van der Waals surface area contributed by atoms with Gasteiger partial charge in [-0.05, 0) is 0 Å². The summed E-state index contributed by atoms with van der Waals surface area (Å²) in [6.07, 6.45) is 1.57. The Balaban J connectivity index is 2.46. The van der Waals surface area contributed by atoms with Crippen LogP contribution in [-0.2, 0) is 0 Å². The van der Waals surface area contributed by atoms with Crippen molar-refractivity contribution in [3.05, 3.63) is 42.7 Å². The average Bonchev–Trinajstić information content (AvgIpc) is 2.58. The summed E-state index contributed by atoms with van der Waals surface area (Å²) >= 11 is 0. The Hall–Kier alpha value is -1.57. The van der Waals surface area contributed by atoms with Gasteiger partial charge in [-0.15, -0.1) is 0 Å². The molecule has 0 bridgehead atoms. The Labute approximate surface area is 64.5 Å². The van der Waals surface area contributed by atoms with E-state index in [1.807, 2.05) is 36.4 Å². The van der Waals surface area contributed by atoms with E-state index in [2.05, 4.69) is 5.16 Å². The van der Waals surface area contributed by atoms with Crippen molar-refractivity contribution < 1.29 is 4.52 Å². The molecule has 0 atom stereocenters. The first kappa shape index (κ1) is 6.16. The molecule has 0 radical (unpaired) electrons. The summed E-state index contributed by atoms with van der Waals surface area (Å²) < 4.78 is 4.72. The molecule has 0 aliphatic heterocycles. The van der Waals surface area contributed by atoms with E-state index in [1.165, 1.54) is 0 Å². The van der Waals surface area contributed by atoms with Crippen LogP contribution in [0.5, 0.6) is 0 Å². The number of nitrogens with zero attached hydrogens (tertiary/aromatic N) is 1. The van der Waals surface area contributed by atoms with Crippen molar-refractivity contribution in [3.8, 4) is 11.3 Å². The Morgan fingerprint density at radius 3 is 2.45 bits per heavy atom. The molecule has 0 N–H and O–H groups in total. The van der Waals surface area contributed by atoms with Crippen LogP contribution in [0.15, 0.2) is 47.2 Å². The molecule has 1 heterocycles. The zero-order chi connectivity index (χ0) is 7.52. The molecular formula is C9H7NO. The Morgan fingerprint density at radius 2 is 1.82 bits per heavy atom. The fourth-order valence-corrected chi connectivity index (χ4v) is 0.970. The standard InChI is InChI=1S/C9H7NO/c1-2-4-8(5-3-1)9-6-7-11-10-9/h1-7H/i7+1. The molecule has 11 heavy (non-hydrogen) atoms. The molecule has 0 aliphatic rings. The number of rotatable bonds is 1. The van der Waals surface area contributed by atoms with Gasteiger partial charge in [-0.25, -0.2) is 0 Å². The molecule has 1 aromatic carbocycles. The van der Waals surface area contributed by atoms with Gasteiger partial charge in [0.25, 0.3) is 0 Å². The average molecular weight is 146 g/mol. The van der Waals surface area contributed by atoms with E-state index in [9.17, 15) is 0 Å². The predicted octanol–water partition coefficient (Wildman–Crippen LogP) is 2.34. The van der Waals surface area contributed by atoms with Crippen LogP contribution in [0.1, 0.15) is 0 Å². The monoisotopic (exact) mass is 146 g/mol. The van der Waals surface area contributed by atoms with Gasteiger partial charge in [0.2, 0.25) is 0 Å². The summed E-state index contributed by atoms with van der Waals surface area (Å²) in [5.74, 6) is 0. The molecular weight excluding hydrogens is 139 g/mol. The summed E-state index contributed by atoms with van der Waals surface area (Å²) in [5.41, 5.74) is 1.96. The Bertz CT molecular complexity index is 313. The maximum atomic E-state index is 4.72. The smallest absolute Gasteiger partial charge is 0.124 e. The van der Waals surface area contributed by atoms with E-state index in [1.54, 1.807) is 6.26 Å². The van der Waals surface area contributed by atoms with Gasteiger partial charge in [0.1, 0.15) is 12.0 Å². The molecule has 0 fully saturated rings. The molecule has 0 saturated carbocycles. The number of hydrogen-bond donors (Lipinski definition) is 0. The summed E-state index contributed by atoms with van der Waals surface area (Å²) in [6, 6.07) is 11.8. The lowest BCUT2D eigenvalue weighted by Crippen LogP contribution is -1.73. The van der Waals surface area contributed by atoms with Crippen molar-refractivity contribution in [2.45, 2.75) is 0 Å². The topological polar surface area (TPSA) is 26.0 Å². The maximum absolute atomic E-state index is 4.72. The van der Waals surface area contributed by atoms with Crippen LogP contribution < -0.4 is 0 Å². The number of aromatic nitrogens is 1. The van der Waals surface area contributed by atoms with E-state index in [-0.39, 0.29) is 0 Å². The normalized spacial score (nSPS) is 9.82. The van der Waals surface area contributed by atoms with Crippen molar-refractivity contribution >= 4 is 0 Å². The first-order chi connectivity index (χ1) is 5.47. The predicted molar refractivity (Wildman–Crippen MR) is 41.9 cm³/mol. The lowest BCUT2D eigenvalue weighted by Gasteiger charge is -1.90. The minimum atomic E-state index is 0.880.